The summed E-state index contributed by atoms with van der Waals surface area (Å²) in [4.78, 5) is 30.6. The highest BCUT2D eigenvalue weighted by molar-refractivity contribution is 5.81. The molecule has 18 heavy (non-hydrogen) atoms. The van der Waals surface area contributed by atoms with Gasteiger partial charge in [-0.1, -0.05) is 0 Å². The van der Waals surface area contributed by atoms with E-state index in [9.17, 15) is 9.59 Å². The Morgan fingerprint density at radius 3 is 2.56 bits per heavy atom. The van der Waals surface area contributed by atoms with E-state index in [1.54, 1.807) is 19.2 Å². The van der Waals surface area contributed by atoms with Crippen LogP contribution in [0.15, 0.2) is 45.0 Å². The quantitative estimate of drug-likeness (QED) is 0.785. The summed E-state index contributed by atoms with van der Waals surface area (Å²) in [7, 11) is 1.59. The molecule has 0 spiro atoms. The number of nitrogens with zero attached hydrogens (tertiary/aromatic N) is 1. The summed E-state index contributed by atoms with van der Waals surface area (Å²) in [6, 6.07) is 7.20. The molecule has 6 nitrogen and oxygen atoms in total. The Morgan fingerprint density at radius 2 is 1.94 bits per heavy atom. The van der Waals surface area contributed by atoms with Crippen molar-refractivity contribution in [2.45, 2.75) is 0 Å². The number of hydrogen-bond acceptors (Lipinski definition) is 4. The Bertz CT molecular complexity index is 668. The van der Waals surface area contributed by atoms with Crippen LogP contribution in [0.1, 0.15) is 5.56 Å². The number of hydrogen-bond donors (Lipinski definition) is 2. The van der Waals surface area contributed by atoms with E-state index < -0.39 is 11.2 Å². The number of nitrogens with one attached hydrogen (secondary N) is 2. The lowest BCUT2D eigenvalue weighted by molar-refractivity contribution is 0.415. The molecule has 0 aliphatic rings. The Hall–Kier alpha value is -2.63. The molecule has 0 saturated heterocycles. The first-order valence-corrected chi connectivity index (χ1v) is 5.19. The molecule has 0 aliphatic carbocycles. The number of methoxy groups -OCH3 is 1. The topological polar surface area (TPSA) is 87.3 Å². The zero-order chi connectivity index (χ0) is 13.0. The molecule has 0 aliphatic heterocycles. The SMILES string of the molecule is COc1ccc(C=Nc2c[nH]c(=O)[nH]c2=O)cc1. The average molecular weight is 245 g/mol. The Morgan fingerprint density at radius 1 is 1.22 bits per heavy atom. The van der Waals surface area contributed by atoms with Gasteiger partial charge in [0.25, 0.3) is 5.56 Å². The van der Waals surface area contributed by atoms with Crippen molar-refractivity contribution >= 4 is 11.9 Å². The Balaban J connectivity index is 2.24. The lowest BCUT2D eigenvalue weighted by Crippen LogP contribution is -2.20. The van der Waals surface area contributed by atoms with Crippen LogP contribution >= 0.6 is 0 Å². The largest absolute Gasteiger partial charge is 0.497 e. The maximum Gasteiger partial charge on any atom is 0.325 e. The van der Waals surface area contributed by atoms with Crippen molar-refractivity contribution in [1.29, 1.82) is 0 Å². The first kappa shape index (κ1) is 11.8. The molecule has 6 heteroatoms. The van der Waals surface area contributed by atoms with E-state index >= 15 is 0 Å². The summed E-state index contributed by atoms with van der Waals surface area (Å²) in [6.07, 6.45) is 2.80. The minimum absolute atomic E-state index is 0.144. The van der Waals surface area contributed by atoms with Crippen LogP contribution in [0.4, 0.5) is 5.69 Å². The number of H-pyrrole nitrogens is 2. The molecule has 2 N–H and O–H groups in total. The van der Waals surface area contributed by atoms with E-state index in [0.29, 0.717) is 0 Å². The third kappa shape index (κ3) is 2.73. The molecule has 2 rings (SSSR count). The van der Waals surface area contributed by atoms with Crippen LogP contribution in [0.25, 0.3) is 0 Å². The Labute approximate surface area is 102 Å². The third-order valence-corrected chi connectivity index (χ3v) is 2.27. The van der Waals surface area contributed by atoms with E-state index in [4.69, 9.17) is 4.74 Å². The lowest BCUT2D eigenvalue weighted by atomic mass is 10.2. The van der Waals surface area contributed by atoms with Gasteiger partial charge in [0.1, 0.15) is 11.4 Å². The van der Waals surface area contributed by atoms with Gasteiger partial charge < -0.3 is 9.72 Å². The first-order valence-electron chi connectivity index (χ1n) is 5.19. The lowest BCUT2D eigenvalue weighted by Gasteiger charge is -1.98. The summed E-state index contributed by atoms with van der Waals surface area (Å²) in [6.45, 7) is 0. The molecule has 92 valence electrons. The van der Waals surface area contributed by atoms with Gasteiger partial charge in [0.05, 0.1) is 7.11 Å². The highest BCUT2D eigenvalue weighted by atomic mass is 16.5. The monoisotopic (exact) mass is 245 g/mol. The van der Waals surface area contributed by atoms with Crippen molar-refractivity contribution in [3.63, 3.8) is 0 Å². The van der Waals surface area contributed by atoms with Gasteiger partial charge in [-0.2, -0.15) is 0 Å². The molecule has 2 aromatic rings. The minimum atomic E-state index is -0.552. The number of ether oxygens (including phenoxy) is 1. The second kappa shape index (κ2) is 5.13. The first-order chi connectivity index (χ1) is 8.69. The summed E-state index contributed by atoms with van der Waals surface area (Å²) >= 11 is 0. The van der Waals surface area contributed by atoms with Crippen molar-refractivity contribution in [1.82, 2.24) is 9.97 Å². The predicted molar refractivity (Wildman–Crippen MR) is 67.9 cm³/mol. The van der Waals surface area contributed by atoms with Gasteiger partial charge in [0.15, 0.2) is 0 Å². The molecular weight excluding hydrogens is 234 g/mol. The molecule has 1 heterocycles. The number of aromatic nitrogens is 2. The standard InChI is InChI=1S/C12H11N3O3/c1-18-9-4-2-8(3-5-9)6-13-10-7-14-12(17)15-11(10)16/h2-7H,1H3,(H2,14,15,16,17). The number of aliphatic imine (C=N–C) groups is 1. The molecule has 0 bridgehead atoms. The summed E-state index contributed by atoms with van der Waals surface area (Å²) < 4.78 is 5.03. The van der Waals surface area contributed by atoms with E-state index in [1.165, 1.54) is 12.4 Å². The predicted octanol–water partition coefficient (Wildman–Crippen LogP) is 0.822. The van der Waals surface area contributed by atoms with Gasteiger partial charge in [-0.25, -0.2) is 9.79 Å². The van der Waals surface area contributed by atoms with Crippen LogP contribution in [-0.4, -0.2) is 23.3 Å². The van der Waals surface area contributed by atoms with Crippen molar-refractivity contribution in [3.05, 3.63) is 56.9 Å². The minimum Gasteiger partial charge on any atom is -0.497 e. The second-order valence-electron chi connectivity index (χ2n) is 3.49. The fraction of sp³-hybridized carbons (Fsp3) is 0.0833. The van der Waals surface area contributed by atoms with Crippen molar-refractivity contribution in [2.75, 3.05) is 7.11 Å². The van der Waals surface area contributed by atoms with Gasteiger partial charge >= 0.3 is 5.69 Å². The van der Waals surface area contributed by atoms with Crippen LogP contribution < -0.4 is 16.0 Å². The smallest absolute Gasteiger partial charge is 0.325 e. The molecule has 0 fully saturated rings. The van der Waals surface area contributed by atoms with Crippen LogP contribution in [0, 0.1) is 0 Å². The fourth-order valence-electron chi connectivity index (χ4n) is 1.33. The maximum absolute atomic E-state index is 11.4. The number of aromatic amines is 2. The molecule has 0 radical (unpaired) electrons. The fourth-order valence-corrected chi connectivity index (χ4v) is 1.33. The summed E-state index contributed by atoms with van der Waals surface area (Å²) in [5.41, 5.74) is -0.112. The third-order valence-electron chi connectivity index (χ3n) is 2.27. The Kier molecular flexibility index (Phi) is 3.38. The molecule has 0 amide bonds. The van der Waals surface area contributed by atoms with Gasteiger partial charge in [0.2, 0.25) is 0 Å². The number of rotatable bonds is 3. The van der Waals surface area contributed by atoms with Crippen LogP contribution in [0.3, 0.4) is 0 Å². The zero-order valence-electron chi connectivity index (χ0n) is 9.64. The normalized spacial score (nSPS) is 10.7. The molecule has 1 aromatic heterocycles. The van der Waals surface area contributed by atoms with Gasteiger partial charge in [-0.3, -0.25) is 9.78 Å². The average Bonchev–Trinajstić information content (AvgIpc) is 2.38. The van der Waals surface area contributed by atoms with Gasteiger partial charge in [0, 0.05) is 12.4 Å². The van der Waals surface area contributed by atoms with Gasteiger partial charge in [-0.05, 0) is 29.8 Å². The van der Waals surface area contributed by atoms with Crippen molar-refractivity contribution in [3.8, 4) is 5.75 Å². The van der Waals surface area contributed by atoms with E-state index in [-0.39, 0.29) is 5.69 Å². The molecule has 0 saturated carbocycles. The van der Waals surface area contributed by atoms with Crippen molar-refractivity contribution < 1.29 is 4.74 Å². The summed E-state index contributed by atoms with van der Waals surface area (Å²) in [5, 5.41) is 0. The second-order valence-corrected chi connectivity index (χ2v) is 3.49. The molecule has 0 unspecified atom stereocenters. The van der Waals surface area contributed by atoms with Crippen molar-refractivity contribution in [2.24, 2.45) is 4.99 Å². The van der Waals surface area contributed by atoms with E-state index in [1.807, 2.05) is 12.1 Å². The van der Waals surface area contributed by atoms with Gasteiger partial charge in [-0.15, -0.1) is 0 Å². The highest BCUT2D eigenvalue weighted by Crippen LogP contribution is 2.10. The van der Waals surface area contributed by atoms with E-state index in [2.05, 4.69) is 15.0 Å². The van der Waals surface area contributed by atoms with Crippen LogP contribution in [0.5, 0.6) is 5.75 Å². The highest BCUT2D eigenvalue weighted by Gasteiger charge is 1.96. The summed E-state index contributed by atoms with van der Waals surface area (Å²) in [5.74, 6) is 0.744. The maximum atomic E-state index is 11.4. The number of benzene rings is 1. The van der Waals surface area contributed by atoms with E-state index in [0.717, 1.165) is 11.3 Å². The molecule has 1 aromatic carbocycles. The molecular formula is C12H11N3O3. The zero-order valence-corrected chi connectivity index (χ0v) is 9.64. The van der Waals surface area contributed by atoms with Crippen LogP contribution in [0.2, 0.25) is 0 Å². The van der Waals surface area contributed by atoms with Crippen LogP contribution in [-0.2, 0) is 0 Å². The molecule has 0 atom stereocenters.